The molecule has 0 N–H and O–H groups in total. The molecule has 160 valence electrons. The van der Waals surface area contributed by atoms with Crippen molar-refractivity contribution in [3.8, 4) is 0 Å². The lowest BCUT2D eigenvalue weighted by molar-refractivity contribution is 0.0600. The fraction of sp³-hybridized carbons (Fsp3) is 0.217. The number of carbonyl (C=O) groups is 2. The van der Waals surface area contributed by atoms with Crippen molar-refractivity contribution < 1.29 is 22.7 Å². The standard InChI is InChI=1S/C23H22N2O5S/c1-30-23(27)18-8-10-21(11-9-18)31(28,29)25-14-12-24(13-15-25)22(26)20-7-6-17-4-2-3-5-19(17)16-20/h2-11,16H,12-15H2,1H3. The van der Waals surface area contributed by atoms with Crippen molar-refractivity contribution in [3.05, 3.63) is 77.9 Å². The Morgan fingerprint density at radius 1 is 0.806 bits per heavy atom. The number of hydrogen-bond acceptors (Lipinski definition) is 5. The summed E-state index contributed by atoms with van der Waals surface area (Å²) in [5, 5.41) is 2.05. The minimum Gasteiger partial charge on any atom is -0.465 e. The monoisotopic (exact) mass is 438 g/mol. The molecule has 0 aliphatic carbocycles. The Hall–Kier alpha value is -3.23. The van der Waals surface area contributed by atoms with Gasteiger partial charge >= 0.3 is 5.97 Å². The third-order valence-electron chi connectivity index (χ3n) is 5.44. The number of carbonyl (C=O) groups excluding carboxylic acids is 2. The van der Waals surface area contributed by atoms with Gasteiger partial charge in [0, 0.05) is 31.7 Å². The van der Waals surface area contributed by atoms with E-state index in [1.54, 1.807) is 11.0 Å². The van der Waals surface area contributed by atoms with Crippen molar-refractivity contribution in [2.75, 3.05) is 33.3 Å². The van der Waals surface area contributed by atoms with Gasteiger partial charge in [-0.15, -0.1) is 0 Å². The highest BCUT2D eigenvalue weighted by atomic mass is 32.2. The number of methoxy groups -OCH3 is 1. The van der Waals surface area contributed by atoms with Crippen LogP contribution in [0.1, 0.15) is 20.7 Å². The second-order valence-corrected chi connectivity index (χ2v) is 9.21. The molecule has 7 nitrogen and oxygen atoms in total. The maximum atomic E-state index is 12.9. The number of benzene rings is 3. The van der Waals surface area contributed by atoms with Crippen LogP contribution >= 0.6 is 0 Å². The van der Waals surface area contributed by atoms with E-state index in [2.05, 4.69) is 4.74 Å². The molecule has 0 spiro atoms. The van der Waals surface area contributed by atoms with Gasteiger partial charge in [-0.1, -0.05) is 30.3 Å². The van der Waals surface area contributed by atoms with Crippen LogP contribution in [-0.4, -0.2) is 62.8 Å². The molecule has 3 aromatic rings. The molecule has 0 unspecified atom stereocenters. The second kappa shape index (κ2) is 8.49. The fourth-order valence-electron chi connectivity index (χ4n) is 3.67. The average molecular weight is 439 g/mol. The zero-order valence-electron chi connectivity index (χ0n) is 17.0. The van der Waals surface area contributed by atoms with Crippen molar-refractivity contribution in [1.29, 1.82) is 0 Å². The van der Waals surface area contributed by atoms with Crippen LogP contribution in [0.5, 0.6) is 0 Å². The lowest BCUT2D eigenvalue weighted by atomic mass is 10.1. The van der Waals surface area contributed by atoms with Gasteiger partial charge in [0.25, 0.3) is 5.91 Å². The first kappa shape index (κ1) is 21.0. The Kier molecular flexibility index (Phi) is 5.75. The van der Waals surface area contributed by atoms with E-state index in [4.69, 9.17) is 0 Å². The molecule has 3 aromatic carbocycles. The van der Waals surface area contributed by atoms with E-state index >= 15 is 0 Å². The van der Waals surface area contributed by atoms with Crippen molar-refractivity contribution in [2.24, 2.45) is 0 Å². The number of rotatable bonds is 4. The van der Waals surface area contributed by atoms with Gasteiger partial charge in [0.15, 0.2) is 0 Å². The Labute approximate surface area is 180 Å². The summed E-state index contributed by atoms with van der Waals surface area (Å²) in [6.45, 7) is 1.04. The van der Waals surface area contributed by atoms with Crippen molar-refractivity contribution in [1.82, 2.24) is 9.21 Å². The number of ether oxygens (including phenoxy) is 1. The molecular weight excluding hydrogens is 416 g/mol. The van der Waals surface area contributed by atoms with Crippen LogP contribution in [0.2, 0.25) is 0 Å². The highest BCUT2D eigenvalue weighted by Gasteiger charge is 2.30. The first-order chi connectivity index (χ1) is 14.9. The molecule has 0 bridgehead atoms. The maximum absolute atomic E-state index is 12.9. The summed E-state index contributed by atoms with van der Waals surface area (Å²) in [6, 6.07) is 19.1. The number of fused-ring (bicyclic) bond motifs is 1. The summed E-state index contributed by atoms with van der Waals surface area (Å²) in [5.41, 5.74) is 0.876. The molecule has 1 fully saturated rings. The Morgan fingerprint density at radius 2 is 1.42 bits per heavy atom. The second-order valence-electron chi connectivity index (χ2n) is 7.27. The number of sulfonamides is 1. The number of nitrogens with zero attached hydrogens (tertiary/aromatic N) is 2. The predicted molar refractivity (Wildman–Crippen MR) is 116 cm³/mol. The summed E-state index contributed by atoms with van der Waals surface area (Å²) in [5.74, 6) is -0.630. The molecule has 8 heteroatoms. The minimum absolute atomic E-state index is 0.106. The van der Waals surface area contributed by atoms with Crippen molar-refractivity contribution >= 4 is 32.7 Å². The van der Waals surface area contributed by atoms with Crippen molar-refractivity contribution in [3.63, 3.8) is 0 Å². The van der Waals surface area contributed by atoms with Crippen molar-refractivity contribution in [2.45, 2.75) is 4.90 Å². The molecule has 1 aliphatic rings. The van der Waals surface area contributed by atoms with Crippen LogP contribution in [0.15, 0.2) is 71.6 Å². The van der Waals surface area contributed by atoms with Crippen LogP contribution in [-0.2, 0) is 14.8 Å². The van der Waals surface area contributed by atoms with Gasteiger partial charge in [-0.2, -0.15) is 4.31 Å². The molecule has 1 saturated heterocycles. The highest BCUT2D eigenvalue weighted by molar-refractivity contribution is 7.89. The predicted octanol–water partition coefficient (Wildman–Crippen LogP) is 2.77. The summed E-state index contributed by atoms with van der Waals surface area (Å²) >= 11 is 0. The summed E-state index contributed by atoms with van der Waals surface area (Å²) in [6.07, 6.45) is 0. The molecule has 0 radical (unpaired) electrons. The number of hydrogen-bond donors (Lipinski definition) is 0. The topological polar surface area (TPSA) is 84.0 Å². The number of amides is 1. The van der Waals surface area contributed by atoms with E-state index in [1.807, 2.05) is 36.4 Å². The van der Waals surface area contributed by atoms with Crippen LogP contribution in [0.25, 0.3) is 10.8 Å². The summed E-state index contributed by atoms with van der Waals surface area (Å²) < 4.78 is 31.9. The first-order valence-electron chi connectivity index (χ1n) is 9.87. The maximum Gasteiger partial charge on any atom is 0.337 e. The zero-order chi connectivity index (χ0) is 22.0. The van der Waals surface area contributed by atoms with Gasteiger partial charge < -0.3 is 9.64 Å². The quantitative estimate of drug-likeness (QED) is 0.585. The molecule has 4 rings (SSSR count). The summed E-state index contributed by atoms with van der Waals surface area (Å²) in [7, 11) is -2.44. The molecule has 0 saturated carbocycles. The third-order valence-corrected chi connectivity index (χ3v) is 7.35. The molecule has 31 heavy (non-hydrogen) atoms. The largest absolute Gasteiger partial charge is 0.465 e. The first-order valence-corrected chi connectivity index (χ1v) is 11.3. The normalized spacial score (nSPS) is 15.1. The van der Waals surface area contributed by atoms with E-state index in [0.29, 0.717) is 18.7 Å². The number of esters is 1. The van der Waals surface area contributed by atoms with Gasteiger partial charge in [0.1, 0.15) is 0 Å². The van der Waals surface area contributed by atoms with Crippen LogP contribution in [0.4, 0.5) is 0 Å². The Morgan fingerprint density at radius 3 is 2.06 bits per heavy atom. The van der Waals surface area contributed by atoms with Crippen LogP contribution in [0, 0.1) is 0 Å². The molecule has 1 amide bonds. The van der Waals surface area contributed by atoms with Crippen LogP contribution < -0.4 is 0 Å². The van der Waals surface area contributed by atoms with E-state index in [0.717, 1.165) is 10.8 Å². The van der Waals surface area contributed by atoms with E-state index in [1.165, 1.54) is 35.7 Å². The van der Waals surface area contributed by atoms with E-state index < -0.39 is 16.0 Å². The zero-order valence-corrected chi connectivity index (χ0v) is 17.8. The molecule has 0 aromatic heterocycles. The highest BCUT2D eigenvalue weighted by Crippen LogP contribution is 2.21. The smallest absolute Gasteiger partial charge is 0.337 e. The lowest BCUT2D eigenvalue weighted by Crippen LogP contribution is -2.50. The lowest BCUT2D eigenvalue weighted by Gasteiger charge is -2.34. The third kappa shape index (κ3) is 4.17. The fourth-order valence-corrected chi connectivity index (χ4v) is 5.09. The van der Waals surface area contributed by atoms with Crippen LogP contribution in [0.3, 0.4) is 0 Å². The average Bonchev–Trinajstić information content (AvgIpc) is 2.83. The van der Waals surface area contributed by atoms with Gasteiger partial charge in [0.05, 0.1) is 17.6 Å². The number of piperazine rings is 1. The minimum atomic E-state index is -3.71. The van der Waals surface area contributed by atoms with E-state index in [9.17, 15) is 18.0 Å². The molecule has 1 heterocycles. The van der Waals surface area contributed by atoms with Gasteiger partial charge in [-0.3, -0.25) is 4.79 Å². The Balaban J connectivity index is 1.44. The van der Waals surface area contributed by atoms with E-state index in [-0.39, 0.29) is 29.5 Å². The Bertz CT molecular complexity index is 1230. The summed E-state index contributed by atoms with van der Waals surface area (Å²) in [4.78, 5) is 26.2. The van der Waals surface area contributed by atoms with Gasteiger partial charge in [-0.05, 0) is 47.2 Å². The van der Waals surface area contributed by atoms with Gasteiger partial charge in [-0.25, -0.2) is 13.2 Å². The molecule has 0 atom stereocenters. The molecule has 1 aliphatic heterocycles. The van der Waals surface area contributed by atoms with Gasteiger partial charge in [0.2, 0.25) is 10.0 Å². The SMILES string of the molecule is COC(=O)c1ccc(S(=O)(=O)N2CCN(C(=O)c3ccc4ccccc4c3)CC2)cc1. The molecular formula is C23H22N2O5S.